The van der Waals surface area contributed by atoms with E-state index in [9.17, 15) is 19.2 Å². The van der Waals surface area contributed by atoms with E-state index in [0.29, 0.717) is 23.6 Å². The van der Waals surface area contributed by atoms with Crippen LogP contribution in [0.25, 0.3) is 22.4 Å². The summed E-state index contributed by atoms with van der Waals surface area (Å²) >= 11 is 6.89. The van der Waals surface area contributed by atoms with Crippen LogP contribution in [0.2, 0.25) is 5.02 Å². The summed E-state index contributed by atoms with van der Waals surface area (Å²) in [4.78, 5) is 56.7. The summed E-state index contributed by atoms with van der Waals surface area (Å²) in [5.41, 5.74) is 0.193. The van der Waals surface area contributed by atoms with Crippen LogP contribution in [0.3, 0.4) is 0 Å². The maximum absolute atomic E-state index is 15.6. The van der Waals surface area contributed by atoms with Gasteiger partial charge >= 0.3 is 5.69 Å². The van der Waals surface area contributed by atoms with Crippen molar-refractivity contribution in [3.8, 4) is 28.3 Å². The molecule has 2 aliphatic heterocycles. The van der Waals surface area contributed by atoms with Crippen LogP contribution in [0.1, 0.15) is 52.5 Å². The number of methoxy groups -OCH3 is 1. The van der Waals surface area contributed by atoms with Crippen molar-refractivity contribution in [1.82, 2.24) is 29.5 Å². The number of anilines is 1. The Bertz CT molecular complexity index is 2210. The van der Waals surface area contributed by atoms with Gasteiger partial charge < -0.3 is 15.4 Å². The number of benzene rings is 2. The molecule has 0 saturated carbocycles. The molecular weight excluding hydrogens is 660 g/mol. The molecule has 0 bridgehead atoms. The molecule has 2 aromatic carbocycles. The minimum atomic E-state index is -0.939. The first kappa shape index (κ1) is 32.6. The Balaban J connectivity index is 1.23. The molecule has 2 fully saturated rings. The van der Waals surface area contributed by atoms with E-state index >= 15 is 8.78 Å². The predicted molar refractivity (Wildman–Crippen MR) is 177 cm³/mol. The minimum absolute atomic E-state index is 0.0692. The van der Waals surface area contributed by atoms with Crippen molar-refractivity contribution in [1.29, 1.82) is 0 Å². The Morgan fingerprint density at radius 1 is 1.08 bits per heavy atom. The number of rotatable bonds is 6. The third kappa shape index (κ3) is 5.29. The third-order valence-electron chi connectivity index (χ3n) is 9.83. The highest BCUT2D eigenvalue weighted by molar-refractivity contribution is 6.36. The summed E-state index contributed by atoms with van der Waals surface area (Å²) in [6.45, 7) is 2.99. The maximum atomic E-state index is 15.6. The molecule has 2 amide bonds. The number of likely N-dealkylation sites (tertiary alicyclic amines) is 1. The van der Waals surface area contributed by atoms with Crippen LogP contribution in [-0.4, -0.2) is 61.8 Å². The van der Waals surface area contributed by atoms with Gasteiger partial charge in [-0.15, -0.1) is 0 Å². The predicted octanol–water partition coefficient (Wildman–Crippen LogP) is 3.66. The van der Waals surface area contributed by atoms with E-state index in [1.165, 1.54) is 46.3 Å². The summed E-state index contributed by atoms with van der Waals surface area (Å²) < 4.78 is 38.5. The topological polar surface area (TPSA) is 140 Å². The van der Waals surface area contributed by atoms with E-state index in [2.05, 4.69) is 20.6 Å². The SMILES string of the molecule is COc1nc(-c2ccc(F)c(-c3c(F)ccc(NC(=O)c4nn(C)c(=O)n(C)c4=O)c3C)c2Cl)cc2c1[C@@H](N1CC3(CCC(=O)N3)C1)CC2. The lowest BCUT2D eigenvalue weighted by Gasteiger charge is -2.50. The van der Waals surface area contributed by atoms with Crippen molar-refractivity contribution in [3.63, 3.8) is 0 Å². The third-order valence-corrected chi connectivity index (χ3v) is 10.2. The second-order valence-corrected chi connectivity index (χ2v) is 13.2. The molecule has 12 nitrogen and oxygen atoms in total. The number of ether oxygens (including phenoxy) is 1. The van der Waals surface area contributed by atoms with Crippen LogP contribution < -0.4 is 26.6 Å². The highest BCUT2D eigenvalue weighted by Gasteiger charge is 2.51. The molecule has 1 spiro atoms. The molecule has 2 aromatic heterocycles. The number of pyridine rings is 1. The lowest BCUT2D eigenvalue weighted by atomic mass is 9.86. The molecule has 0 radical (unpaired) electrons. The first-order valence-corrected chi connectivity index (χ1v) is 16.1. The van der Waals surface area contributed by atoms with E-state index in [0.717, 1.165) is 58.8 Å². The number of carbonyl (C=O) groups is 2. The van der Waals surface area contributed by atoms with Gasteiger partial charge in [0, 0.05) is 67.6 Å². The number of hydrogen-bond acceptors (Lipinski definition) is 8. The van der Waals surface area contributed by atoms with Gasteiger partial charge in [0.05, 0.1) is 23.4 Å². The van der Waals surface area contributed by atoms with Crippen molar-refractivity contribution < 1.29 is 23.1 Å². The van der Waals surface area contributed by atoms with Crippen molar-refractivity contribution in [2.75, 3.05) is 25.5 Å². The quantitative estimate of drug-likeness (QED) is 0.312. The Morgan fingerprint density at radius 2 is 1.80 bits per heavy atom. The van der Waals surface area contributed by atoms with Crippen LogP contribution in [0.4, 0.5) is 14.5 Å². The van der Waals surface area contributed by atoms with Crippen LogP contribution in [-0.2, 0) is 25.3 Å². The minimum Gasteiger partial charge on any atom is -0.481 e. The van der Waals surface area contributed by atoms with E-state index in [-0.39, 0.29) is 44.9 Å². The second-order valence-electron chi connectivity index (χ2n) is 12.8. The average Bonchev–Trinajstić information content (AvgIpc) is 3.67. The standard InChI is InChI=1S/C34H32ClF2N7O5/c1-16-21(38-30(46)29-32(47)42(2)33(48)43(3)41-29)9-8-19(36)25(16)27-20(37)7-6-18(28(27)35)22-13-17-5-10-23(26(17)31(39-22)49-4)44-14-34(15-44)12-11-24(45)40-34/h6-9,13,23H,5,10-12,14-15H2,1-4H3,(H,38,46)(H,40,45)/t23-/m0/s1. The summed E-state index contributed by atoms with van der Waals surface area (Å²) in [6, 6.07) is 6.95. The van der Waals surface area contributed by atoms with Crippen molar-refractivity contribution in [2.24, 2.45) is 14.1 Å². The molecule has 3 aliphatic rings. The number of amides is 2. The maximum Gasteiger partial charge on any atom is 0.346 e. The Kier molecular flexibility index (Phi) is 7.90. The molecule has 2 N–H and O–H groups in total. The molecule has 4 heterocycles. The fourth-order valence-electron chi connectivity index (χ4n) is 7.33. The molecule has 0 unspecified atom stereocenters. The normalized spacial score (nSPS) is 17.9. The smallest absolute Gasteiger partial charge is 0.346 e. The van der Waals surface area contributed by atoms with Gasteiger partial charge in [-0.1, -0.05) is 11.6 Å². The first-order chi connectivity index (χ1) is 23.3. The summed E-state index contributed by atoms with van der Waals surface area (Å²) in [5, 5.41) is 9.34. The van der Waals surface area contributed by atoms with E-state index < -0.39 is 34.5 Å². The van der Waals surface area contributed by atoms with E-state index in [1.807, 2.05) is 6.07 Å². The number of aromatic nitrogens is 4. The van der Waals surface area contributed by atoms with Crippen LogP contribution >= 0.6 is 11.6 Å². The van der Waals surface area contributed by atoms with Gasteiger partial charge in [-0.2, -0.15) is 5.10 Å². The summed E-state index contributed by atoms with van der Waals surface area (Å²) in [5.74, 6) is -2.03. The monoisotopic (exact) mass is 691 g/mol. The number of fused-ring (bicyclic) bond motifs is 1. The van der Waals surface area contributed by atoms with Crippen molar-refractivity contribution in [2.45, 2.75) is 44.2 Å². The number of hydrogen-bond donors (Lipinski definition) is 2. The molecule has 2 saturated heterocycles. The first-order valence-electron chi connectivity index (χ1n) is 15.7. The van der Waals surface area contributed by atoms with Gasteiger partial charge in [-0.25, -0.2) is 23.2 Å². The second kappa shape index (κ2) is 11.9. The average molecular weight is 692 g/mol. The molecule has 1 aliphatic carbocycles. The van der Waals surface area contributed by atoms with Gasteiger partial charge in [0.15, 0.2) is 0 Å². The number of halogens is 3. The van der Waals surface area contributed by atoms with Crippen LogP contribution in [0, 0.1) is 18.6 Å². The Morgan fingerprint density at radius 3 is 2.49 bits per heavy atom. The number of nitrogens with zero attached hydrogens (tertiary/aromatic N) is 5. The number of carbonyl (C=O) groups excluding carboxylic acids is 2. The Hall–Kier alpha value is -4.95. The zero-order valence-corrected chi connectivity index (χ0v) is 27.9. The van der Waals surface area contributed by atoms with Gasteiger partial charge in [0.2, 0.25) is 17.5 Å². The highest BCUT2D eigenvalue weighted by atomic mass is 35.5. The van der Waals surface area contributed by atoms with E-state index in [1.54, 1.807) is 0 Å². The van der Waals surface area contributed by atoms with Gasteiger partial charge in [-0.05, 0) is 67.6 Å². The number of nitrogens with one attached hydrogen (secondary N) is 2. The van der Waals surface area contributed by atoms with Gasteiger partial charge in [-0.3, -0.25) is 23.9 Å². The molecular formula is C34H32ClF2N7O5. The zero-order valence-electron chi connectivity index (χ0n) is 27.1. The van der Waals surface area contributed by atoms with Gasteiger partial charge in [0.1, 0.15) is 11.6 Å². The Labute approximate surface area is 283 Å². The van der Waals surface area contributed by atoms with Crippen molar-refractivity contribution in [3.05, 3.63) is 90.2 Å². The van der Waals surface area contributed by atoms with Crippen LogP contribution in [0.15, 0.2) is 39.9 Å². The largest absolute Gasteiger partial charge is 0.481 e. The van der Waals surface area contributed by atoms with Crippen LogP contribution in [0.5, 0.6) is 5.88 Å². The molecule has 49 heavy (non-hydrogen) atoms. The number of aryl methyl sites for hydroxylation is 2. The fraction of sp³-hybridized carbons (Fsp3) is 0.353. The van der Waals surface area contributed by atoms with Crippen molar-refractivity contribution >= 4 is 29.1 Å². The molecule has 254 valence electrons. The molecule has 1 atom stereocenters. The zero-order chi connectivity index (χ0) is 34.9. The highest BCUT2D eigenvalue weighted by Crippen LogP contribution is 2.48. The summed E-state index contributed by atoms with van der Waals surface area (Å²) in [6.07, 6.45) is 2.95. The van der Waals surface area contributed by atoms with Gasteiger partial charge in [0.25, 0.3) is 11.5 Å². The lowest BCUT2D eigenvalue weighted by molar-refractivity contribution is -0.121. The molecule has 7 rings (SSSR count). The molecule has 15 heteroatoms. The fourth-order valence-corrected chi connectivity index (χ4v) is 7.67. The lowest BCUT2D eigenvalue weighted by Crippen LogP contribution is -2.67. The molecule has 4 aromatic rings. The summed E-state index contributed by atoms with van der Waals surface area (Å²) in [7, 11) is 4.04. The van der Waals surface area contributed by atoms with E-state index in [4.69, 9.17) is 21.3 Å².